The minimum absolute atomic E-state index is 0.110. The van der Waals surface area contributed by atoms with Gasteiger partial charge in [0.25, 0.3) is 5.56 Å². The highest BCUT2D eigenvalue weighted by molar-refractivity contribution is 7.71. The van der Waals surface area contributed by atoms with Gasteiger partial charge in [-0.2, -0.15) is 0 Å². The molecule has 0 aliphatic heterocycles. The van der Waals surface area contributed by atoms with Gasteiger partial charge in [0.2, 0.25) is 0 Å². The Hall–Kier alpha value is -1.49. The van der Waals surface area contributed by atoms with Gasteiger partial charge in [-0.1, -0.05) is 0 Å². The molecular formula is C13H13FN2OS. The highest BCUT2D eigenvalue weighted by Gasteiger charge is 2.22. The fourth-order valence-electron chi connectivity index (χ4n) is 2.34. The fourth-order valence-corrected chi connectivity index (χ4v) is 2.68. The lowest BCUT2D eigenvalue weighted by Gasteiger charge is -2.27. The van der Waals surface area contributed by atoms with E-state index < -0.39 is 0 Å². The second kappa shape index (κ2) is 4.02. The monoisotopic (exact) mass is 264 g/mol. The van der Waals surface area contributed by atoms with E-state index in [1.54, 1.807) is 17.6 Å². The van der Waals surface area contributed by atoms with E-state index in [1.165, 1.54) is 6.07 Å². The van der Waals surface area contributed by atoms with Crippen LogP contribution >= 0.6 is 12.2 Å². The number of aryl methyl sites for hydroxylation is 1. The lowest BCUT2D eigenvalue weighted by molar-refractivity contribution is 0.302. The lowest BCUT2D eigenvalue weighted by Crippen LogP contribution is -2.30. The average molecular weight is 264 g/mol. The molecule has 0 bridgehead atoms. The highest BCUT2D eigenvalue weighted by Crippen LogP contribution is 2.30. The lowest BCUT2D eigenvalue weighted by atomic mass is 9.93. The van der Waals surface area contributed by atoms with Crippen LogP contribution in [0.15, 0.2) is 16.9 Å². The maximum absolute atomic E-state index is 13.5. The van der Waals surface area contributed by atoms with E-state index in [-0.39, 0.29) is 17.4 Å². The first-order valence-corrected chi connectivity index (χ1v) is 6.43. The maximum Gasteiger partial charge on any atom is 0.262 e. The van der Waals surface area contributed by atoms with E-state index in [2.05, 4.69) is 4.98 Å². The first-order valence-electron chi connectivity index (χ1n) is 6.02. The summed E-state index contributed by atoms with van der Waals surface area (Å²) in [6.45, 7) is 1.66. The van der Waals surface area contributed by atoms with E-state index in [1.807, 2.05) is 0 Å². The molecule has 1 aliphatic carbocycles. The van der Waals surface area contributed by atoms with E-state index in [0.29, 0.717) is 21.2 Å². The average Bonchev–Trinajstić information content (AvgIpc) is 2.25. The van der Waals surface area contributed by atoms with Crippen LogP contribution < -0.4 is 5.56 Å². The Morgan fingerprint density at radius 2 is 2.17 bits per heavy atom. The molecule has 2 aromatic rings. The summed E-state index contributed by atoms with van der Waals surface area (Å²) in [5.74, 6) is -0.325. The van der Waals surface area contributed by atoms with Crippen molar-refractivity contribution in [3.05, 3.63) is 38.6 Å². The summed E-state index contributed by atoms with van der Waals surface area (Å²) in [6, 6.07) is 3.14. The molecule has 18 heavy (non-hydrogen) atoms. The quantitative estimate of drug-likeness (QED) is 0.803. The summed E-state index contributed by atoms with van der Waals surface area (Å²) in [5, 5.41) is 0.509. The van der Waals surface area contributed by atoms with Crippen molar-refractivity contribution in [1.29, 1.82) is 0 Å². The standard InChI is InChI=1S/C13H13FN2OS/c1-7-5-9-11(6-10(7)14)15-13(18)16(12(9)17)8-3-2-4-8/h5-6,8H,2-4H2,1H3,(H,15,18). The van der Waals surface area contributed by atoms with Crippen LogP contribution in [0.4, 0.5) is 4.39 Å². The first kappa shape index (κ1) is 11.6. The van der Waals surface area contributed by atoms with Gasteiger partial charge in [-0.15, -0.1) is 0 Å². The number of aromatic amines is 1. The van der Waals surface area contributed by atoms with Crippen LogP contribution in [-0.2, 0) is 0 Å². The van der Waals surface area contributed by atoms with Crippen molar-refractivity contribution in [2.45, 2.75) is 32.2 Å². The Morgan fingerprint density at radius 1 is 1.44 bits per heavy atom. The van der Waals surface area contributed by atoms with Crippen molar-refractivity contribution in [2.75, 3.05) is 0 Å². The fraction of sp³-hybridized carbons (Fsp3) is 0.385. The summed E-state index contributed by atoms with van der Waals surface area (Å²) >= 11 is 5.20. The van der Waals surface area contributed by atoms with Gasteiger partial charge in [-0.3, -0.25) is 9.36 Å². The van der Waals surface area contributed by atoms with Crippen LogP contribution in [0.25, 0.3) is 10.9 Å². The summed E-state index contributed by atoms with van der Waals surface area (Å²) in [4.78, 5) is 15.4. The summed E-state index contributed by atoms with van der Waals surface area (Å²) in [7, 11) is 0. The number of benzene rings is 1. The zero-order chi connectivity index (χ0) is 12.9. The molecule has 0 unspecified atom stereocenters. The van der Waals surface area contributed by atoms with E-state index in [4.69, 9.17) is 12.2 Å². The van der Waals surface area contributed by atoms with Crippen LogP contribution in [0, 0.1) is 17.5 Å². The number of hydrogen-bond donors (Lipinski definition) is 1. The van der Waals surface area contributed by atoms with Crippen LogP contribution in [0.5, 0.6) is 0 Å². The number of fused-ring (bicyclic) bond motifs is 1. The smallest absolute Gasteiger partial charge is 0.262 e. The molecule has 1 fully saturated rings. The molecule has 94 valence electrons. The van der Waals surface area contributed by atoms with E-state index in [9.17, 15) is 9.18 Å². The molecule has 3 nitrogen and oxygen atoms in total. The Bertz CT molecular complexity index is 743. The van der Waals surface area contributed by atoms with Gasteiger partial charge >= 0.3 is 0 Å². The Balaban J connectivity index is 2.37. The van der Waals surface area contributed by atoms with Gasteiger partial charge in [0.05, 0.1) is 10.9 Å². The minimum atomic E-state index is -0.325. The molecule has 1 aromatic carbocycles. The topological polar surface area (TPSA) is 37.8 Å². The van der Waals surface area contributed by atoms with Gasteiger partial charge < -0.3 is 4.98 Å². The number of nitrogens with zero attached hydrogens (tertiary/aromatic N) is 1. The largest absolute Gasteiger partial charge is 0.331 e. The third-order valence-electron chi connectivity index (χ3n) is 3.65. The molecule has 0 atom stereocenters. The SMILES string of the molecule is Cc1cc2c(=O)n(C3CCC3)c(=S)[nH]c2cc1F. The molecular weight excluding hydrogens is 251 g/mol. The van der Waals surface area contributed by atoms with Gasteiger partial charge in [0, 0.05) is 6.04 Å². The number of rotatable bonds is 1. The predicted octanol–water partition coefficient (Wildman–Crippen LogP) is 3.23. The molecule has 0 radical (unpaired) electrons. The van der Waals surface area contributed by atoms with Gasteiger partial charge in [0.15, 0.2) is 4.77 Å². The molecule has 1 N–H and O–H groups in total. The second-order valence-electron chi connectivity index (χ2n) is 4.84. The molecule has 1 aliphatic rings. The Morgan fingerprint density at radius 3 is 2.78 bits per heavy atom. The number of aromatic nitrogens is 2. The van der Waals surface area contributed by atoms with Crippen molar-refractivity contribution in [2.24, 2.45) is 0 Å². The van der Waals surface area contributed by atoms with Crippen molar-refractivity contribution in [3.8, 4) is 0 Å². The summed E-state index contributed by atoms with van der Waals surface area (Å²) < 4.78 is 15.5. The van der Waals surface area contributed by atoms with E-state index >= 15 is 0 Å². The Kier molecular flexibility index (Phi) is 2.59. The molecule has 5 heteroatoms. The van der Waals surface area contributed by atoms with Crippen LogP contribution in [-0.4, -0.2) is 9.55 Å². The van der Waals surface area contributed by atoms with Crippen molar-refractivity contribution in [3.63, 3.8) is 0 Å². The molecule has 0 spiro atoms. The summed E-state index contributed by atoms with van der Waals surface area (Å²) in [5.41, 5.74) is 0.843. The number of hydrogen-bond acceptors (Lipinski definition) is 2. The van der Waals surface area contributed by atoms with Crippen LogP contribution in [0.3, 0.4) is 0 Å². The molecule has 0 saturated heterocycles. The number of H-pyrrole nitrogens is 1. The first-order chi connectivity index (χ1) is 8.58. The molecule has 1 saturated carbocycles. The van der Waals surface area contributed by atoms with Gasteiger partial charge in [-0.25, -0.2) is 4.39 Å². The number of nitrogens with one attached hydrogen (secondary N) is 1. The number of halogens is 1. The minimum Gasteiger partial charge on any atom is -0.331 e. The van der Waals surface area contributed by atoms with Gasteiger partial charge in [-0.05, 0) is 56.1 Å². The third kappa shape index (κ3) is 1.61. The second-order valence-corrected chi connectivity index (χ2v) is 5.22. The van der Waals surface area contributed by atoms with Gasteiger partial charge in [0.1, 0.15) is 5.82 Å². The molecule has 1 aromatic heterocycles. The third-order valence-corrected chi connectivity index (χ3v) is 3.95. The zero-order valence-corrected chi connectivity index (χ0v) is 10.8. The molecule has 0 amide bonds. The zero-order valence-electron chi connectivity index (χ0n) is 10.00. The van der Waals surface area contributed by atoms with Crippen molar-refractivity contribution >= 4 is 23.1 Å². The Labute approximate surface area is 108 Å². The molecule has 3 rings (SSSR count). The van der Waals surface area contributed by atoms with Crippen molar-refractivity contribution in [1.82, 2.24) is 9.55 Å². The van der Waals surface area contributed by atoms with Crippen LogP contribution in [0.1, 0.15) is 30.9 Å². The summed E-state index contributed by atoms with van der Waals surface area (Å²) in [6.07, 6.45) is 3.11. The predicted molar refractivity (Wildman–Crippen MR) is 71.0 cm³/mol. The van der Waals surface area contributed by atoms with Crippen LogP contribution in [0.2, 0.25) is 0 Å². The maximum atomic E-state index is 13.5. The highest BCUT2D eigenvalue weighted by atomic mass is 32.1. The van der Waals surface area contributed by atoms with Crippen molar-refractivity contribution < 1.29 is 4.39 Å². The van der Waals surface area contributed by atoms with E-state index in [0.717, 1.165) is 19.3 Å². The normalized spacial score (nSPS) is 15.9. The molecule has 1 heterocycles.